The topological polar surface area (TPSA) is 78.9 Å². The number of carbonyl (C=O) groups excluding carboxylic acids is 3. The number of rotatable bonds is 50. The minimum atomic E-state index is -0.778. The first-order valence-electron chi connectivity index (χ1n) is 27.5. The van der Waals surface area contributed by atoms with E-state index in [4.69, 9.17) is 14.2 Å². The summed E-state index contributed by atoms with van der Waals surface area (Å²) in [5, 5.41) is 0. The fraction of sp³-hybridized carbons (Fsp3) is 0.842. The summed E-state index contributed by atoms with van der Waals surface area (Å²) >= 11 is 0. The van der Waals surface area contributed by atoms with E-state index in [0.717, 1.165) is 103 Å². The molecule has 0 radical (unpaired) electrons. The van der Waals surface area contributed by atoms with Gasteiger partial charge in [-0.3, -0.25) is 14.4 Å². The summed E-state index contributed by atoms with van der Waals surface area (Å²) in [6.07, 6.45) is 61.5. The highest BCUT2D eigenvalue weighted by atomic mass is 16.6. The Hall–Kier alpha value is -2.37. The SMILES string of the molecule is CCC/C=C\C/C=C\CCCCCCCC(=O)OC(COC(=O)CCCCCCC/C=C\CCC)COC(=O)CCCCCCCCCCCCCCCCCCCCCCCC. The molecule has 0 fully saturated rings. The van der Waals surface area contributed by atoms with Crippen LogP contribution in [0.5, 0.6) is 0 Å². The predicted molar refractivity (Wildman–Crippen MR) is 270 cm³/mol. The lowest BCUT2D eigenvalue weighted by molar-refractivity contribution is -0.167. The van der Waals surface area contributed by atoms with Crippen LogP contribution in [0.4, 0.5) is 0 Å². The van der Waals surface area contributed by atoms with Gasteiger partial charge in [0, 0.05) is 19.3 Å². The molecule has 0 aromatic carbocycles. The first kappa shape index (κ1) is 60.6. The summed E-state index contributed by atoms with van der Waals surface area (Å²) in [5.74, 6) is -0.892. The summed E-state index contributed by atoms with van der Waals surface area (Å²) < 4.78 is 16.8. The number of hydrogen-bond donors (Lipinski definition) is 0. The van der Waals surface area contributed by atoms with Gasteiger partial charge in [0.2, 0.25) is 0 Å². The van der Waals surface area contributed by atoms with Crippen molar-refractivity contribution in [3.8, 4) is 0 Å². The van der Waals surface area contributed by atoms with Crippen molar-refractivity contribution >= 4 is 17.9 Å². The third kappa shape index (κ3) is 50.5. The highest BCUT2D eigenvalue weighted by molar-refractivity contribution is 5.71. The van der Waals surface area contributed by atoms with E-state index in [0.29, 0.717) is 19.3 Å². The molecule has 0 rings (SSSR count). The Morgan fingerprint density at radius 1 is 0.317 bits per heavy atom. The van der Waals surface area contributed by atoms with E-state index in [-0.39, 0.29) is 31.1 Å². The zero-order chi connectivity index (χ0) is 45.8. The van der Waals surface area contributed by atoms with E-state index in [9.17, 15) is 14.4 Å². The van der Waals surface area contributed by atoms with Gasteiger partial charge in [-0.05, 0) is 64.2 Å². The van der Waals surface area contributed by atoms with Crippen LogP contribution in [0.25, 0.3) is 0 Å². The molecule has 1 atom stereocenters. The highest BCUT2D eigenvalue weighted by Crippen LogP contribution is 2.17. The van der Waals surface area contributed by atoms with Crippen LogP contribution in [0.2, 0.25) is 0 Å². The zero-order valence-corrected chi connectivity index (χ0v) is 42.1. The lowest BCUT2D eigenvalue weighted by Gasteiger charge is -2.18. The predicted octanol–water partition coefficient (Wildman–Crippen LogP) is 18.1. The Morgan fingerprint density at radius 3 is 0.968 bits per heavy atom. The fourth-order valence-electron chi connectivity index (χ4n) is 7.95. The monoisotopic (exact) mass is 885 g/mol. The van der Waals surface area contributed by atoms with Crippen LogP contribution in [-0.4, -0.2) is 37.2 Å². The molecule has 0 saturated carbocycles. The summed E-state index contributed by atoms with van der Waals surface area (Å²) in [4.78, 5) is 37.9. The molecule has 6 nitrogen and oxygen atoms in total. The second kappa shape index (κ2) is 52.3. The molecule has 0 heterocycles. The lowest BCUT2D eigenvalue weighted by Crippen LogP contribution is -2.30. The second-order valence-electron chi connectivity index (χ2n) is 18.5. The van der Waals surface area contributed by atoms with Crippen LogP contribution >= 0.6 is 0 Å². The van der Waals surface area contributed by atoms with E-state index in [1.54, 1.807) is 0 Å². The molecule has 0 N–H and O–H groups in total. The lowest BCUT2D eigenvalue weighted by atomic mass is 10.0. The minimum absolute atomic E-state index is 0.0776. The van der Waals surface area contributed by atoms with Crippen molar-refractivity contribution in [1.29, 1.82) is 0 Å². The van der Waals surface area contributed by atoms with Crippen LogP contribution < -0.4 is 0 Å². The molecule has 368 valence electrons. The highest BCUT2D eigenvalue weighted by Gasteiger charge is 2.19. The maximum atomic E-state index is 12.8. The quantitative estimate of drug-likeness (QED) is 0.0262. The molecule has 0 aliphatic carbocycles. The molecule has 0 amide bonds. The second-order valence-corrected chi connectivity index (χ2v) is 18.5. The molecule has 0 aromatic heterocycles. The van der Waals surface area contributed by atoms with Crippen LogP contribution in [0.15, 0.2) is 36.5 Å². The van der Waals surface area contributed by atoms with Crippen LogP contribution in [0.1, 0.15) is 290 Å². The van der Waals surface area contributed by atoms with E-state index in [2.05, 4.69) is 57.2 Å². The molecule has 63 heavy (non-hydrogen) atoms. The number of esters is 3. The summed E-state index contributed by atoms with van der Waals surface area (Å²) in [5.41, 5.74) is 0. The first-order chi connectivity index (χ1) is 31.0. The molecule has 1 unspecified atom stereocenters. The van der Waals surface area contributed by atoms with Crippen molar-refractivity contribution < 1.29 is 28.6 Å². The Bertz CT molecular complexity index is 1060. The molecular weight excluding hydrogens is 781 g/mol. The Balaban J connectivity index is 4.21. The van der Waals surface area contributed by atoms with Crippen molar-refractivity contribution in [1.82, 2.24) is 0 Å². The van der Waals surface area contributed by atoms with E-state index in [1.807, 2.05) is 0 Å². The van der Waals surface area contributed by atoms with E-state index >= 15 is 0 Å². The maximum Gasteiger partial charge on any atom is 0.306 e. The van der Waals surface area contributed by atoms with Crippen molar-refractivity contribution in [2.24, 2.45) is 0 Å². The molecule has 0 bridgehead atoms. The molecule has 6 heteroatoms. The maximum absolute atomic E-state index is 12.8. The van der Waals surface area contributed by atoms with E-state index < -0.39 is 6.10 Å². The third-order valence-corrected chi connectivity index (χ3v) is 12.1. The van der Waals surface area contributed by atoms with Gasteiger partial charge in [0.25, 0.3) is 0 Å². The van der Waals surface area contributed by atoms with E-state index in [1.165, 1.54) is 148 Å². The van der Waals surface area contributed by atoms with Gasteiger partial charge in [-0.1, -0.05) is 243 Å². The zero-order valence-electron chi connectivity index (χ0n) is 42.1. The normalized spacial score (nSPS) is 12.2. The molecular formula is C57H104O6. The molecule has 0 aromatic rings. The number of ether oxygens (including phenoxy) is 3. The van der Waals surface area contributed by atoms with Gasteiger partial charge in [0.05, 0.1) is 0 Å². The number of carbonyl (C=O) groups is 3. The van der Waals surface area contributed by atoms with Gasteiger partial charge in [-0.2, -0.15) is 0 Å². The number of hydrogen-bond acceptors (Lipinski definition) is 6. The third-order valence-electron chi connectivity index (χ3n) is 12.1. The minimum Gasteiger partial charge on any atom is -0.462 e. The first-order valence-corrected chi connectivity index (χ1v) is 27.5. The average Bonchev–Trinajstić information content (AvgIpc) is 3.28. The molecule has 0 spiro atoms. The average molecular weight is 885 g/mol. The smallest absolute Gasteiger partial charge is 0.306 e. The van der Waals surface area contributed by atoms with Gasteiger partial charge in [0.15, 0.2) is 6.10 Å². The van der Waals surface area contributed by atoms with Crippen molar-refractivity contribution in [2.45, 2.75) is 297 Å². The molecule has 0 saturated heterocycles. The summed E-state index contributed by atoms with van der Waals surface area (Å²) in [7, 11) is 0. The van der Waals surface area contributed by atoms with Gasteiger partial charge >= 0.3 is 17.9 Å². The Morgan fingerprint density at radius 2 is 0.603 bits per heavy atom. The van der Waals surface area contributed by atoms with Gasteiger partial charge in [0.1, 0.15) is 13.2 Å². The van der Waals surface area contributed by atoms with Crippen molar-refractivity contribution in [2.75, 3.05) is 13.2 Å². The Kier molecular flexibility index (Phi) is 50.3. The van der Waals surface area contributed by atoms with Crippen LogP contribution in [0, 0.1) is 0 Å². The van der Waals surface area contributed by atoms with Crippen LogP contribution in [-0.2, 0) is 28.6 Å². The molecule has 0 aliphatic heterocycles. The molecule has 0 aliphatic rings. The van der Waals surface area contributed by atoms with Crippen molar-refractivity contribution in [3.05, 3.63) is 36.5 Å². The fourth-order valence-corrected chi connectivity index (χ4v) is 7.95. The summed E-state index contributed by atoms with van der Waals surface area (Å²) in [6, 6.07) is 0. The van der Waals surface area contributed by atoms with Crippen molar-refractivity contribution in [3.63, 3.8) is 0 Å². The largest absolute Gasteiger partial charge is 0.462 e. The van der Waals surface area contributed by atoms with Gasteiger partial charge < -0.3 is 14.2 Å². The van der Waals surface area contributed by atoms with Gasteiger partial charge in [-0.25, -0.2) is 0 Å². The number of unbranched alkanes of at least 4 members (excludes halogenated alkanes) is 33. The standard InChI is InChI=1S/C57H104O6/c1-4-7-10-13-16-19-22-24-25-26-27-28-29-30-31-32-34-35-38-41-44-47-50-56(59)62-53-54(52-61-55(58)49-46-43-40-37-21-18-15-12-9-6-3)63-57(60)51-48-45-42-39-36-33-23-20-17-14-11-8-5-2/h11-12,14-15,20,23,54H,4-10,13,16-19,21-22,24-53H2,1-3H3/b14-11-,15-12-,23-20-. The Labute approximate surface area is 391 Å². The summed E-state index contributed by atoms with van der Waals surface area (Å²) in [6.45, 7) is 6.52. The van der Waals surface area contributed by atoms with Crippen LogP contribution in [0.3, 0.4) is 0 Å². The van der Waals surface area contributed by atoms with Gasteiger partial charge in [-0.15, -0.1) is 0 Å². The number of allylic oxidation sites excluding steroid dienone is 6.